The number of amides is 2. The minimum absolute atomic E-state index is 0.0692. The molecular formula is C21H25N5O3. The molecular weight excluding hydrogens is 370 g/mol. The van der Waals surface area contributed by atoms with E-state index in [0.29, 0.717) is 13.1 Å². The van der Waals surface area contributed by atoms with Crippen LogP contribution in [0.25, 0.3) is 0 Å². The van der Waals surface area contributed by atoms with Gasteiger partial charge in [0, 0.05) is 49.6 Å². The molecule has 4 rings (SSSR count). The van der Waals surface area contributed by atoms with Crippen molar-refractivity contribution in [1.29, 1.82) is 0 Å². The number of aromatic nitrogens is 2. The van der Waals surface area contributed by atoms with E-state index in [0.717, 1.165) is 29.7 Å². The Balaban J connectivity index is 1.41. The topological polar surface area (TPSA) is 96.4 Å². The van der Waals surface area contributed by atoms with Crippen LogP contribution in [0.15, 0.2) is 43.0 Å². The zero-order chi connectivity index (χ0) is 20.2. The Morgan fingerprint density at radius 2 is 2.03 bits per heavy atom. The highest BCUT2D eigenvalue weighted by atomic mass is 16.5. The molecule has 152 valence electrons. The second-order valence-corrected chi connectivity index (χ2v) is 7.40. The molecule has 1 aliphatic heterocycles. The third kappa shape index (κ3) is 4.37. The molecule has 0 radical (unpaired) electrons. The van der Waals surface area contributed by atoms with Crippen molar-refractivity contribution in [3.05, 3.63) is 54.1 Å². The lowest BCUT2D eigenvalue weighted by atomic mass is 9.98. The van der Waals surface area contributed by atoms with Gasteiger partial charge in [-0.05, 0) is 43.0 Å². The van der Waals surface area contributed by atoms with E-state index in [-0.39, 0.29) is 24.5 Å². The molecule has 0 aromatic carbocycles. The molecule has 8 nitrogen and oxygen atoms in total. The van der Waals surface area contributed by atoms with Crippen molar-refractivity contribution in [2.45, 2.75) is 38.0 Å². The first-order valence-corrected chi connectivity index (χ1v) is 9.90. The molecule has 0 spiro atoms. The van der Waals surface area contributed by atoms with Crippen LogP contribution in [0.3, 0.4) is 0 Å². The number of anilines is 1. The molecule has 2 fully saturated rings. The Morgan fingerprint density at radius 1 is 1.21 bits per heavy atom. The van der Waals surface area contributed by atoms with Gasteiger partial charge in [-0.25, -0.2) is 0 Å². The first-order valence-electron chi connectivity index (χ1n) is 9.90. The summed E-state index contributed by atoms with van der Waals surface area (Å²) < 4.78 is 5.70. The standard InChI is InChI=1S/C21H25N5O3/c1-14-11-23-8-6-17(14)24-9-10-25-21(28)20-19(15-3-2-7-22-12-15)26(16-4-5-16)18(27)13-29-20/h2-3,6-8,11-12,16,19-20H,4-5,9-10,13H2,1H3,(H,23,24)(H,25,28)/t19-,20+/m1/s1. The Kier molecular flexibility index (Phi) is 5.71. The van der Waals surface area contributed by atoms with Crippen molar-refractivity contribution in [3.63, 3.8) is 0 Å². The van der Waals surface area contributed by atoms with Crippen molar-refractivity contribution in [2.24, 2.45) is 0 Å². The van der Waals surface area contributed by atoms with Crippen molar-refractivity contribution in [1.82, 2.24) is 20.2 Å². The SMILES string of the molecule is Cc1cnccc1NCCNC(=O)[C@H]1OCC(=O)N(C2CC2)[C@@H]1c1cccnc1. The van der Waals surface area contributed by atoms with Crippen molar-refractivity contribution < 1.29 is 14.3 Å². The largest absolute Gasteiger partial charge is 0.383 e. The monoisotopic (exact) mass is 395 g/mol. The summed E-state index contributed by atoms with van der Waals surface area (Å²) in [5, 5.41) is 6.22. The van der Waals surface area contributed by atoms with Gasteiger partial charge in [0.15, 0.2) is 6.10 Å². The van der Waals surface area contributed by atoms with Gasteiger partial charge >= 0.3 is 0 Å². The molecule has 2 N–H and O–H groups in total. The third-order valence-corrected chi connectivity index (χ3v) is 5.25. The number of rotatable bonds is 7. The van der Waals surface area contributed by atoms with Crippen LogP contribution in [0.5, 0.6) is 0 Å². The number of nitrogens with one attached hydrogen (secondary N) is 2. The number of pyridine rings is 2. The van der Waals surface area contributed by atoms with E-state index in [2.05, 4.69) is 20.6 Å². The molecule has 3 heterocycles. The van der Waals surface area contributed by atoms with Crippen LogP contribution in [0, 0.1) is 6.92 Å². The maximum Gasteiger partial charge on any atom is 0.251 e. The number of hydrogen-bond donors (Lipinski definition) is 2. The predicted octanol–water partition coefficient (Wildman–Crippen LogP) is 1.44. The molecule has 29 heavy (non-hydrogen) atoms. The number of aryl methyl sites for hydroxylation is 1. The summed E-state index contributed by atoms with van der Waals surface area (Å²) in [4.78, 5) is 35.5. The fourth-order valence-corrected chi connectivity index (χ4v) is 3.67. The molecule has 1 saturated heterocycles. The first kappa shape index (κ1) is 19.3. The molecule has 0 unspecified atom stereocenters. The number of ether oxygens (including phenoxy) is 1. The molecule has 2 amide bonds. The van der Waals surface area contributed by atoms with Crippen LogP contribution in [-0.2, 0) is 14.3 Å². The van der Waals surface area contributed by atoms with Crippen LogP contribution < -0.4 is 10.6 Å². The van der Waals surface area contributed by atoms with Crippen LogP contribution in [0.2, 0.25) is 0 Å². The van der Waals surface area contributed by atoms with Gasteiger partial charge < -0.3 is 20.3 Å². The van der Waals surface area contributed by atoms with Gasteiger partial charge in [0.2, 0.25) is 5.91 Å². The molecule has 2 aromatic rings. The van der Waals surface area contributed by atoms with Gasteiger partial charge in [0.1, 0.15) is 6.61 Å². The van der Waals surface area contributed by atoms with Gasteiger partial charge in [-0.1, -0.05) is 6.07 Å². The number of hydrogen-bond acceptors (Lipinski definition) is 6. The normalized spacial score (nSPS) is 21.7. The minimum atomic E-state index is -0.750. The zero-order valence-corrected chi connectivity index (χ0v) is 16.4. The van der Waals surface area contributed by atoms with E-state index in [1.54, 1.807) is 24.8 Å². The average molecular weight is 395 g/mol. The first-order chi connectivity index (χ1) is 14.1. The molecule has 2 atom stereocenters. The third-order valence-electron chi connectivity index (χ3n) is 5.25. The molecule has 2 aromatic heterocycles. The second-order valence-electron chi connectivity index (χ2n) is 7.40. The summed E-state index contributed by atoms with van der Waals surface area (Å²) in [6.07, 6.45) is 8.08. The van der Waals surface area contributed by atoms with E-state index in [1.807, 2.05) is 30.0 Å². The number of morpholine rings is 1. The van der Waals surface area contributed by atoms with Gasteiger partial charge in [0.05, 0.1) is 6.04 Å². The Bertz CT molecular complexity index is 872. The van der Waals surface area contributed by atoms with Crippen LogP contribution in [-0.4, -0.2) is 58.5 Å². The highest BCUT2D eigenvalue weighted by Gasteiger charge is 2.47. The summed E-state index contributed by atoms with van der Waals surface area (Å²) in [7, 11) is 0. The number of carbonyl (C=O) groups excluding carboxylic acids is 2. The summed E-state index contributed by atoms with van der Waals surface area (Å²) >= 11 is 0. The second kappa shape index (κ2) is 8.57. The van der Waals surface area contributed by atoms with Gasteiger partial charge in [0.25, 0.3) is 5.91 Å². The Labute approximate surface area is 169 Å². The zero-order valence-electron chi connectivity index (χ0n) is 16.4. The van der Waals surface area contributed by atoms with E-state index in [9.17, 15) is 9.59 Å². The summed E-state index contributed by atoms with van der Waals surface area (Å²) in [6.45, 7) is 2.93. The van der Waals surface area contributed by atoms with Gasteiger partial charge in [-0.3, -0.25) is 19.6 Å². The van der Waals surface area contributed by atoms with Crippen LogP contribution in [0.1, 0.15) is 30.0 Å². The van der Waals surface area contributed by atoms with Crippen LogP contribution in [0.4, 0.5) is 5.69 Å². The van der Waals surface area contributed by atoms with Crippen molar-refractivity contribution in [2.75, 3.05) is 25.0 Å². The maximum absolute atomic E-state index is 12.9. The Hall–Kier alpha value is -3.00. The predicted molar refractivity (Wildman–Crippen MR) is 107 cm³/mol. The minimum Gasteiger partial charge on any atom is -0.383 e. The van der Waals surface area contributed by atoms with E-state index in [1.165, 1.54) is 0 Å². The highest BCUT2D eigenvalue weighted by molar-refractivity contribution is 5.86. The van der Waals surface area contributed by atoms with Gasteiger partial charge in [-0.2, -0.15) is 0 Å². The summed E-state index contributed by atoms with van der Waals surface area (Å²) in [5.41, 5.74) is 2.85. The molecule has 1 aliphatic carbocycles. The Morgan fingerprint density at radius 3 is 2.76 bits per heavy atom. The molecule has 1 saturated carbocycles. The van der Waals surface area contributed by atoms with Crippen molar-refractivity contribution in [3.8, 4) is 0 Å². The average Bonchev–Trinajstić information content (AvgIpc) is 3.57. The molecule has 2 aliphatic rings. The smallest absolute Gasteiger partial charge is 0.251 e. The number of nitrogens with zero attached hydrogens (tertiary/aromatic N) is 3. The summed E-state index contributed by atoms with van der Waals surface area (Å²) in [5.74, 6) is -0.287. The molecule has 0 bridgehead atoms. The fraction of sp³-hybridized carbons (Fsp3) is 0.429. The highest BCUT2D eigenvalue weighted by Crippen LogP contribution is 2.39. The lowest BCUT2D eigenvalue weighted by Crippen LogP contribution is -2.55. The summed E-state index contributed by atoms with van der Waals surface area (Å²) in [6, 6.07) is 5.34. The van der Waals surface area contributed by atoms with E-state index >= 15 is 0 Å². The van der Waals surface area contributed by atoms with Crippen molar-refractivity contribution >= 4 is 17.5 Å². The van der Waals surface area contributed by atoms with Gasteiger partial charge in [-0.15, -0.1) is 0 Å². The quantitative estimate of drug-likeness (QED) is 0.689. The number of carbonyl (C=O) groups is 2. The van der Waals surface area contributed by atoms with E-state index in [4.69, 9.17) is 4.74 Å². The lowest BCUT2D eigenvalue weighted by Gasteiger charge is -2.40. The maximum atomic E-state index is 12.9. The van der Waals surface area contributed by atoms with Crippen LogP contribution >= 0.6 is 0 Å². The lowest BCUT2D eigenvalue weighted by molar-refractivity contribution is -0.165. The fourth-order valence-electron chi connectivity index (χ4n) is 3.67. The van der Waals surface area contributed by atoms with E-state index < -0.39 is 12.1 Å². The molecule has 8 heteroatoms.